The van der Waals surface area contributed by atoms with Crippen molar-refractivity contribution in [3.05, 3.63) is 90.2 Å². The average Bonchev–Trinajstić information content (AvgIpc) is 3.21. The van der Waals surface area contributed by atoms with Crippen LogP contribution in [0.5, 0.6) is 0 Å². The van der Waals surface area contributed by atoms with Crippen LogP contribution in [0.2, 0.25) is 0 Å². The molecule has 5 nitrogen and oxygen atoms in total. The molecule has 2 heterocycles. The first-order chi connectivity index (χ1) is 15.9. The van der Waals surface area contributed by atoms with Crippen LogP contribution in [-0.4, -0.2) is 43.8 Å². The van der Waals surface area contributed by atoms with Gasteiger partial charge < -0.3 is 4.42 Å². The maximum atomic E-state index is 13.6. The summed E-state index contributed by atoms with van der Waals surface area (Å²) in [5.74, 6) is -0.0676. The quantitative estimate of drug-likeness (QED) is 0.419. The van der Waals surface area contributed by atoms with Crippen molar-refractivity contribution in [2.24, 2.45) is 0 Å². The zero-order chi connectivity index (χ0) is 23.0. The SMILES string of the molecule is O=S(=O)(c1cccc(F)c1)N1CCN(Cc2cc3cc(-c4cccc(F)c4)ccc3o2)CC1. The van der Waals surface area contributed by atoms with E-state index in [4.69, 9.17) is 4.42 Å². The van der Waals surface area contributed by atoms with E-state index in [2.05, 4.69) is 4.90 Å². The van der Waals surface area contributed by atoms with Gasteiger partial charge in [-0.15, -0.1) is 0 Å². The number of piperazine rings is 1. The first kappa shape index (κ1) is 21.8. The molecule has 0 radical (unpaired) electrons. The van der Waals surface area contributed by atoms with Crippen molar-refractivity contribution in [2.45, 2.75) is 11.4 Å². The molecule has 0 bridgehead atoms. The Balaban J connectivity index is 1.26. The monoisotopic (exact) mass is 468 g/mol. The van der Waals surface area contributed by atoms with Gasteiger partial charge in [0.2, 0.25) is 10.0 Å². The fourth-order valence-electron chi connectivity index (χ4n) is 4.15. The Hall–Kier alpha value is -3.07. The first-order valence-electron chi connectivity index (χ1n) is 10.6. The molecule has 1 saturated heterocycles. The summed E-state index contributed by atoms with van der Waals surface area (Å²) in [7, 11) is -3.72. The highest BCUT2D eigenvalue weighted by Crippen LogP contribution is 2.28. The van der Waals surface area contributed by atoms with Crippen LogP contribution < -0.4 is 0 Å². The summed E-state index contributed by atoms with van der Waals surface area (Å²) in [5.41, 5.74) is 2.46. The molecular weight excluding hydrogens is 446 g/mol. The van der Waals surface area contributed by atoms with Crippen LogP contribution in [0.25, 0.3) is 22.1 Å². The Morgan fingerprint density at radius 1 is 0.788 bits per heavy atom. The molecule has 8 heteroatoms. The van der Waals surface area contributed by atoms with E-state index in [9.17, 15) is 17.2 Å². The molecule has 0 aliphatic carbocycles. The third-order valence-electron chi connectivity index (χ3n) is 5.87. The predicted molar refractivity (Wildman–Crippen MR) is 122 cm³/mol. The highest BCUT2D eigenvalue weighted by molar-refractivity contribution is 7.89. The molecule has 0 amide bonds. The first-order valence-corrected chi connectivity index (χ1v) is 12.1. The van der Waals surface area contributed by atoms with Crippen LogP contribution in [0.3, 0.4) is 0 Å². The predicted octanol–water partition coefficient (Wildman–Crippen LogP) is 4.88. The van der Waals surface area contributed by atoms with E-state index < -0.39 is 15.8 Å². The lowest BCUT2D eigenvalue weighted by Crippen LogP contribution is -2.48. The third kappa shape index (κ3) is 4.55. The maximum absolute atomic E-state index is 13.6. The largest absolute Gasteiger partial charge is 0.460 e. The summed E-state index contributed by atoms with van der Waals surface area (Å²) in [6.45, 7) is 2.28. The topological polar surface area (TPSA) is 53.8 Å². The van der Waals surface area contributed by atoms with E-state index >= 15 is 0 Å². The number of furan rings is 1. The Kier molecular flexibility index (Phi) is 5.74. The highest BCUT2D eigenvalue weighted by atomic mass is 32.2. The molecule has 0 spiro atoms. The second kappa shape index (κ2) is 8.70. The fraction of sp³-hybridized carbons (Fsp3) is 0.200. The minimum atomic E-state index is -3.72. The summed E-state index contributed by atoms with van der Waals surface area (Å²) >= 11 is 0. The molecule has 3 aromatic carbocycles. The van der Waals surface area contributed by atoms with Gasteiger partial charge in [-0.1, -0.05) is 24.3 Å². The normalized spacial score (nSPS) is 15.8. The van der Waals surface area contributed by atoms with Crippen molar-refractivity contribution in [3.8, 4) is 11.1 Å². The summed E-state index contributed by atoms with van der Waals surface area (Å²) in [5, 5.41) is 0.930. The molecule has 0 atom stereocenters. The van der Waals surface area contributed by atoms with Crippen LogP contribution in [-0.2, 0) is 16.6 Å². The Labute approximate surface area is 190 Å². The lowest BCUT2D eigenvalue weighted by Gasteiger charge is -2.33. The van der Waals surface area contributed by atoms with Crippen molar-refractivity contribution in [3.63, 3.8) is 0 Å². The third-order valence-corrected chi connectivity index (χ3v) is 7.76. The zero-order valence-electron chi connectivity index (χ0n) is 17.7. The number of benzene rings is 3. The van der Waals surface area contributed by atoms with Crippen molar-refractivity contribution in [1.82, 2.24) is 9.21 Å². The van der Waals surface area contributed by atoms with Gasteiger partial charge in [-0.2, -0.15) is 4.31 Å². The molecule has 170 valence electrons. The van der Waals surface area contributed by atoms with E-state index in [-0.39, 0.29) is 10.7 Å². The van der Waals surface area contributed by atoms with Crippen LogP contribution >= 0.6 is 0 Å². The lowest BCUT2D eigenvalue weighted by atomic mass is 10.0. The van der Waals surface area contributed by atoms with Gasteiger partial charge in [0.15, 0.2) is 0 Å². The second-order valence-electron chi connectivity index (χ2n) is 8.11. The molecule has 1 aliphatic heterocycles. The van der Waals surface area contributed by atoms with E-state index in [0.717, 1.165) is 33.9 Å². The van der Waals surface area contributed by atoms with Crippen LogP contribution in [0.4, 0.5) is 8.78 Å². The maximum Gasteiger partial charge on any atom is 0.243 e. The number of sulfonamides is 1. The standard InChI is InChI=1S/C25H22F2N2O3S/c26-21-4-1-3-18(14-21)19-7-8-25-20(13-19)15-23(32-25)17-28-9-11-29(12-10-28)33(30,31)24-6-2-5-22(27)16-24/h1-8,13-16H,9-12,17H2. The lowest BCUT2D eigenvalue weighted by molar-refractivity contribution is 0.172. The number of nitrogens with zero attached hydrogens (tertiary/aromatic N) is 2. The summed E-state index contributed by atoms with van der Waals surface area (Å²) < 4.78 is 60.0. The van der Waals surface area contributed by atoms with Gasteiger partial charge in [-0.05, 0) is 59.7 Å². The van der Waals surface area contributed by atoms with Gasteiger partial charge in [-0.3, -0.25) is 4.90 Å². The Morgan fingerprint density at radius 3 is 2.21 bits per heavy atom. The van der Waals surface area contributed by atoms with E-state index in [0.29, 0.717) is 32.7 Å². The van der Waals surface area contributed by atoms with Gasteiger partial charge in [0.05, 0.1) is 11.4 Å². The molecular formula is C25H22F2N2O3S. The van der Waals surface area contributed by atoms with E-state index in [1.54, 1.807) is 6.07 Å². The minimum Gasteiger partial charge on any atom is -0.460 e. The molecule has 4 aromatic rings. The zero-order valence-corrected chi connectivity index (χ0v) is 18.6. The van der Waals surface area contributed by atoms with Gasteiger partial charge in [0.25, 0.3) is 0 Å². The van der Waals surface area contributed by atoms with Crippen molar-refractivity contribution >= 4 is 21.0 Å². The van der Waals surface area contributed by atoms with Gasteiger partial charge in [0, 0.05) is 31.6 Å². The van der Waals surface area contributed by atoms with E-state index in [1.807, 2.05) is 30.3 Å². The Bertz CT molecular complexity index is 1410. The van der Waals surface area contributed by atoms with Gasteiger partial charge in [0.1, 0.15) is 23.0 Å². The molecule has 0 N–H and O–H groups in total. The van der Waals surface area contributed by atoms with Crippen molar-refractivity contribution in [1.29, 1.82) is 0 Å². The van der Waals surface area contributed by atoms with Gasteiger partial charge in [-0.25, -0.2) is 17.2 Å². The summed E-state index contributed by atoms with van der Waals surface area (Å²) in [4.78, 5) is 2.10. The number of fused-ring (bicyclic) bond motifs is 1. The molecule has 5 rings (SSSR count). The van der Waals surface area contributed by atoms with Crippen LogP contribution in [0.15, 0.2) is 82.1 Å². The van der Waals surface area contributed by atoms with Crippen LogP contribution in [0.1, 0.15) is 5.76 Å². The van der Waals surface area contributed by atoms with Crippen molar-refractivity contribution < 1.29 is 21.6 Å². The number of halogens is 2. The van der Waals surface area contributed by atoms with Crippen molar-refractivity contribution in [2.75, 3.05) is 26.2 Å². The molecule has 1 aromatic heterocycles. The summed E-state index contributed by atoms with van der Waals surface area (Å²) in [6, 6.07) is 19.3. The molecule has 33 heavy (non-hydrogen) atoms. The molecule has 0 saturated carbocycles. The summed E-state index contributed by atoms with van der Waals surface area (Å²) in [6.07, 6.45) is 0. The van der Waals surface area contributed by atoms with Crippen LogP contribution in [0, 0.1) is 11.6 Å². The number of rotatable bonds is 5. The number of hydrogen-bond acceptors (Lipinski definition) is 4. The minimum absolute atomic E-state index is 0.0256. The number of hydrogen-bond donors (Lipinski definition) is 0. The molecule has 1 fully saturated rings. The second-order valence-corrected chi connectivity index (χ2v) is 10.1. The molecule has 0 unspecified atom stereocenters. The Morgan fingerprint density at radius 2 is 1.48 bits per heavy atom. The van der Waals surface area contributed by atoms with E-state index in [1.165, 1.54) is 34.6 Å². The highest BCUT2D eigenvalue weighted by Gasteiger charge is 2.29. The average molecular weight is 469 g/mol. The molecule has 1 aliphatic rings. The fourth-order valence-corrected chi connectivity index (χ4v) is 5.60. The van der Waals surface area contributed by atoms with Gasteiger partial charge >= 0.3 is 0 Å². The smallest absolute Gasteiger partial charge is 0.243 e.